The van der Waals surface area contributed by atoms with E-state index in [1.54, 1.807) is 6.07 Å². The maximum absolute atomic E-state index is 13.0. The van der Waals surface area contributed by atoms with Crippen LogP contribution in [0.3, 0.4) is 0 Å². The maximum atomic E-state index is 13.0. The van der Waals surface area contributed by atoms with Crippen molar-refractivity contribution in [3.05, 3.63) is 41.2 Å². The van der Waals surface area contributed by atoms with E-state index in [4.69, 9.17) is 10.5 Å². The molecular formula is C10H5FN2. The zero-order valence-corrected chi connectivity index (χ0v) is 6.66. The van der Waals surface area contributed by atoms with Gasteiger partial charge in [-0.2, -0.15) is 10.5 Å². The molecule has 0 saturated carbocycles. The van der Waals surface area contributed by atoms with Crippen LogP contribution >= 0.6 is 0 Å². The quantitative estimate of drug-likeness (QED) is 0.610. The van der Waals surface area contributed by atoms with Crippen molar-refractivity contribution in [1.82, 2.24) is 0 Å². The van der Waals surface area contributed by atoms with Gasteiger partial charge in [0, 0.05) is 11.6 Å². The summed E-state index contributed by atoms with van der Waals surface area (Å²) in [4.78, 5) is 0. The normalized spacial score (nSPS) is 9.46. The highest BCUT2D eigenvalue weighted by Gasteiger charge is 1.99. The largest absolute Gasteiger partial charge is 0.206 e. The molecular weight excluding hydrogens is 167 g/mol. The fourth-order valence-corrected chi connectivity index (χ4v) is 0.859. The van der Waals surface area contributed by atoms with Gasteiger partial charge >= 0.3 is 0 Å². The van der Waals surface area contributed by atoms with Crippen LogP contribution in [-0.4, -0.2) is 0 Å². The summed E-state index contributed by atoms with van der Waals surface area (Å²) >= 11 is 0. The third-order valence-electron chi connectivity index (χ3n) is 1.47. The van der Waals surface area contributed by atoms with Crippen molar-refractivity contribution >= 4 is 6.08 Å². The van der Waals surface area contributed by atoms with E-state index < -0.39 is 5.82 Å². The number of halogens is 1. The third-order valence-corrected chi connectivity index (χ3v) is 1.47. The van der Waals surface area contributed by atoms with Gasteiger partial charge in [-0.3, -0.25) is 0 Å². The molecule has 3 heteroatoms. The van der Waals surface area contributed by atoms with Gasteiger partial charge in [0.2, 0.25) is 0 Å². The summed E-state index contributed by atoms with van der Waals surface area (Å²) < 4.78 is 13.0. The van der Waals surface area contributed by atoms with Crippen molar-refractivity contribution in [2.75, 3.05) is 0 Å². The van der Waals surface area contributed by atoms with Crippen LogP contribution in [0.25, 0.3) is 6.08 Å². The summed E-state index contributed by atoms with van der Waals surface area (Å²) in [6, 6.07) is 7.68. The molecule has 1 aromatic carbocycles. The monoisotopic (exact) mass is 172 g/mol. The number of rotatable bonds is 1. The highest BCUT2D eigenvalue weighted by atomic mass is 19.1. The van der Waals surface area contributed by atoms with Crippen LogP contribution in [0.5, 0.6) is 0 Å². The van der Waals surface area contributed by atoms with Crippen molar-refractivity contribution in [3.63, 3.8) is 0 Å². The maximum Gasteiger partial charge on any atom is 0.131 e. The first-order chi connectivity index (χ1) is 6.27. The van der Waals surface area contributed by atoms with Crippen LogP contribution < -0.4 is 0 Å². The van der Waals surface area contributed by atoms with E-state index in [9.17, 15) is 4.39 Å². The summed E-state index contributed by atoms with van der Waals surface area (Å²) in [7, 11) is 0. The lowest BCUT2D eigenvalue weighted by Crippen LogP contribution is -1.83. The topological polar surface area (TPSA) is 47.6 Å². The van der Waals surface area contributed by atoms with Gasteiger partial charge in [-0.25, -0.2) is 4.39 Å². The van der Waals surface area contributed by atoms with Gasteiger partial charge in [-0.05, 0) is 18.2 Å². The molecule has 0 aromatic heterocycles. The van der Waals surface area contributed by atoms with E-state index in [0.717, 1.165) is 6.07 Å². The van der Waals surface area contributed by atoms with Crippen LogP contribution in [0, 0.1) is 28.5 Å². The van der Waals surface area contributed by atoms with Gasteiger partial charge in [0.05, 0.1) is 17.7 Å². The smallest absolute Gasteiger partial charge is 0.131 e. The Morgan fingerprint density at radius 1 is 1.31 bits per heavy atom. The van der Waals surface area contributed by atoms with Gasteiger partial charge in [-0.15, -0.1) is 0 Å². The Hall–Kier alpha value is -2.13. The number of benzene rings is 1. The lowest BCUT2D eigenvalue weighted by Gasteiger charge is -1.95. The first-order valence-electron chi connectivity index (χ1n) is 3.53. The second-order valence-corrected chi connectivity index (χ2v) is 2.31. The molecule has 1 aromatic rings. The Bertz CT molecular complexity index is 422. The Kier molecular flexibility index (Phi) is 2.78. The molecule has 0 atom stereocenters. The molecule has 2 nitrogen and oxygen atoms in total. The van der Waals surface area contributed by atoms with Crippen LogP contribution in [0.15, 0.2) is 24.3 Å². The van der Waals surface area contributed by atoms with Crippen LogP contribution in [0.2, 0.25) is 0 Å². The van der Waals surface area contributed by atoms with E-state index >= 15 is 0 Å². The number of nitrogens with zero attached hydrogens (tertiary/aromatic N) is 2. The van der Waals surface area contributed by atoms with E-state index in [1.807, 2.05) is 6.07 Å². The number of nitriles is 2. The molecule has 0 amide bonds. The van der Waals surface area contributed by atoms with E-state index in [1.165, 1.54) is 24.3 Å². The average Bonchev–Trinajstić information content (AvgIpc) is 2.16. The summed E-state index contributed by atoms with van der Waals surface area (Å²) in [5.74, 6) is -0.495. The van der Waals surface area contributed by atoms with Gasteiger partial charge < -0.3 is 0 Å². The predicted molar refractivity (Wildman–Crippen MR) is 45.8 cm³/mol. The highest BCUT2D eigenvalue weighted by Crippen LogP contribution is 2.11. The first-order valence-corrected chi connectivity index (χ1v) is 3.53. The number of hydrogen-bond donors (Lipinski definition) is 0. The molecule has 13 heavy (non-hydrogen) atoms. The average molecular weight is 172 g/mol. The fourth-order valence-electron chi connectivity index (χ4n) is 0.859. The molecule has 0 unspecified atom stereocenters. The molecule has 0 saturated heterocycles. The molecule has 0 heterocycles. The van der Waals surface area contributed by atoms with Gasteiger partial charge in [0.15, 0.2) is 0 Å². The van der Waals surface area contributed by atoms with E-state index in [-0.39, 0.29) is 5.56 Å². The summed E-state index contributed by atoms with van der Waals surface area (Å²) in [5.41, 5.74) is 0.576. The molecule has 0 spiro atoms. The Morgan fingerprint density at radius 2 is 2.08 bits per heavy atom. The van der Waals surface area contributed by atoms with Crippen molar-refractivity contribution in [2.24, 2.45) is 0 Å². The van der Waals surface area contributed by atoms with Gasteiger partial charge in [-0.1, -0.05) is 6.07 Å². The van der Waals surface area contributed by atoms with Gasteiger partial charge in [0.25, 0.3) is 0 Å². The minimum absolute atomic E-state index is 0.270. The summed E-state index contributed by atoms with van der Waals surface area (Å²) in [6.45, 7) is 0. The lowest BCUT2D eigenvalue weighted by molar-refractivity contribution is 0.624. The Balaban J connectivity index is 3.09. The fraction of sp³-hybridized carbons (Fsp3) is 0. The van der Waals surface area contributed by atoms with Gasteiger partial charge in [0.1, 0.15) is 5.82 Å². The molecule has 0 aliphatic rings. The highest BCUT2D eigenvalue weighted by molar-refractivity contribution is 5.53. The Labute approximate surface area is 75.2 Å². The molecule has 0 bridgehead atoms. The minimum atomic E-state index is -0.495. The van der Waals surface area contributed by atoms with Crippen LogP contribution in [0.4, 0.5) is 4.39 Å². The van der Waals surface area contributed by atoms with E-state index in [0.29, 0.717) is 5.56 Å². The first kappa shape index (κ1) is 8.96. The zero-order chi connectivity index (χ0) is 9.68. The lowest BCUT2D eigenvalue weighted by atomic mass is 10.1. The van der Waals surface area contributed by atoms with Crippen molar-refractivity contribution < 1.29 is 4.39 Å². The summed E-state index contributed by atoms with van der Waals surface area (Å²) in [5, 5.41) is 16.6. The Morgan fingerprint density at radius 3 is 2.62 bits per heavy atom. The molecule has 0 aliphatic heterocycles. The van der Waals surface area contributed by atoms with Crippen LogP contribution in [-0.2, 0) is 0 Å². The second kappa shape index (κ2) is 4.04. The van der Waals surface area contributed by atoms with E-state index in [2.05, 4.69) is 0 Å². The standard InChI is InChI=1S/C10H5FN2/c11-10-6-8(7-13)3-4-9(10)2-1-5-12/h1-4,6H. The van der Waals surface area contributed by atoms with Crippen LogP contribution in [0.1, 0.15) is 11.1 Å². The SMILES string of the molecule is N#CC=Cc1ccc(C#N)cc1F. The van der Waals surface area contributed by atoms with Crippen molar-refractivity contribution in [1.29, 1.82) is 10.5 Å². The molecule has 0 aliphatic carbocycles. The number of hydrogen-bond acceptors (Lipinski definition) is 2. The molecule has 0 radical (unpaired) electrons. The molecule has 1 rings (SSSR count). The third kappa shape index (κ3) is 2.15. The number of allylic oxidation sites excluding steroid dienone is 1. The molecule has 0 fully saturated rings. The molecule has 0 N–H and O–H groups in total. The zero-order valence-electron chi connectivity index (χ0n) is 6.66. The summed E-state index contributed by atoms with van der Waals surface area (Å²) in [6.07, 6.45) is 2.54. The van der Waals surface area contributed by atoms with Crippen molar-refractivity contribution in [3.8, 4) is 12.1 Å². The molecule has 62 valence electrons. The van der Waals surface area contributed by atoms with Crippen molar-refractivity contribution in [2.45, 2.75) is 0 Å². The second-order valence-electron chi connectivity index (χ2n) is 2.31. The predicted octanol–water partition coefficient (Wildman–Crippen LogP) is 2.23. The minimum Gasteiger partial charge on any atom is -0.206 e.